The van der Waals surface area contributed by atoms with Crippen molar-refractivity contribution >= 4 is 5.97 Å². The average Bonchev–Trinajstić information content (AvgIpc) is 2.99. The van der Waals surface area contributed by atoms with Gasteiger partial charge in [-0.3, -0.25) is 0 Å². The molecule has 5 nitrogen and oxygen atoms in total. The zero-order chi connectivity index (χ0) is 23.6. The summed E-state index contributed by atoms with van der Waals surface area (Å²) in [6.07, 6.45) is 0. The highest BCUT2D eigenvalue weighted by Gasteiger charge is 2.53. The molecule has 3 aromatic rings. The van der Waals surface area contributed by atoms with Crippen LogP contribution >= 0.6 is 0 Å². The number of fused-ring (bicyclic) bond motifs is 6. The Labute approximate surface area is 194 Å². The highest BCUT2D eigenvalue weighted by molar-refractivity contribution is 5.97. The van der Waals surface area contributed by atoms with E-state index >= 15 is 0 Å². The maximum atomic E-state index is 13.0. The Bertz CT molecular complexity index is 1190. The van der Waals surface area contributed by atoms with E-state index in [2.05, 4.69) is 0 Å². The molecule has 0 unspecified atom stereocenters. The Hall–Kier alpha value is -3.47. The molecular weight excluding hydrogens is 416 g/mol. The Morgan fingerprint density at radius 1 is 0.697 bits per heavy atom. The van der Waals surface area contributed by atoms with Crippen LogP contribution in [0.1, 0.15) is 68.6 Å². The van der Waals surface area contributed by atoms with Crippen LogP contribution in [0.4, 0.5) is 0 Å². The monoisotopic (exact) mass is 444 g/mol. The Morgan fingerprint density at radius 3 is 1.73 bits per heavy atom. The predicted molar refractivity (Wildman–Crippen MR) is 125 cm³/mol. The summed E-state index contributed by atoms with van der Waals surface area (Å²) in [5.41, 5.74) is 1.06. The van der Waals surface area contributed by atoms with Gasteiger partial charge < -0.3 is 18.9 Å². The number of carbonyl (C=O) groups is 1. The molecule has 0 atom stereocenters. The maximum absolute atomic E-state index is 13.0. The average molecular weight is 445 g/mol. The highest BCUT2D eigenvalue weighted by Crippen LogP contribution is 2.57. The SMILES string of the molecule is CC(C)(C)Oc1ccc2c(c1)Oc1cc(OC(C)(C)C)ccc1C21OC(=O)c2ccccc21. The number of ether oxygens (including phenoxy) is 4. The van der Waals surface area contributed by atoms with E-state index in [-0.39, 0.29) is 17.2 Å². The fourth-order valence-corrected chi connectivity index (χ4v) is 4.47. The van der Waals surface area contributed by atoms with E-state index in [0.29, 0.717) is 28.6 Å². The molecule has 2 aliphatic rings. The van der Waals surface area contributed by atoms with Crippen molar-refractivity contribution in [2.24, 2.45) is 0 Å². The summed E-state index contributed by atoms with van der Waals surface area (Å²) in [6, 6.07) is 18.9. The third kappa shape index (κ3) is 3.62. The largest absolute Gasteiger partial charge is 0.488 e. The van der Waals surface area contributed by atoms with Gasteiger partial charge in [-0.15, -0.1) is 0 Å². The second-order valence-corrected chi connectivity index (χ2v) is 10.5. The summed E-state index contributed by atoms with van der Waals surface area (Å²) < 4.78 is 24.7. The lowest BCUT2D eigenvalue weighted by Gasteiger charge is -2.37. The lowest BCUT2D eigenvalue weighted by atomic mass is 9.77. The van der Waals surface area contributed by atoms with E-state index in [4.69, 9.17) is 18.9 Å². The fraction of sp³-hybridized carbons (Fsp3) is 0.321. The van der Waals surface area contributed by atoms with Gasteiger partial charge in [0.15, 0.2) is 5.60 Å². The second kappa shape index (κ2) is 7.01. The molecule has 1 spiro atoms. The molecule has 2 heterocycles. The Morgan fingerprint density at radius 2 is 1.21 bits per heavy atom. The van der Waals surface area contributed by atoms with Crippen molar-refractivity contribution in [1.29, 1.82) is 0 Å². The molecule has 0 saturated heterocycles. The van der Waals surface area contributed by atoms with E-state index < -0.39 is 5.60 Å². The molecule has 0 N–H and O–H groups in total. The second-order valence-electron chi connectivity index (χ2n) is 10.5. The number of hydrogen-bond donors (Lipinski definition) is 0. The predicted octanol–water partition coefficient (Wildman–Crippen LogP) is 6.61. The van der Waals surface area contributed by atoms with E-state index in [1.807, 2.05) is 96.1 Å². The summed E-state index contributed by atoms with van der Waals surface area (Å²) in [5.74, 6) is 2.18. The summed E-state index contributed by atoms with van der Waals surface area (Å²) in [7, 11) is 0. The van der Waals surface area contributed by atoms with Crippen molar-refractivity contribution in [2.45, 2.75) is 58.3 Å². The van der Waals surface area contributed by atoms with Crippen LogP contribution in [0.25, 0.3) is 0 Å². The lowest BCUT2D eigenvalue weighted by Crippen LogP contribution is -2.33. The van der Waals surface area contributed by atoms with Crippen molar-refractivity contribution in [3.8, 4) is 23.0 Å². The minimum Gasteiger partial charge on any atom is -0.488 e. The highest BCUT2D eigenvalue weighted by atomic mass is 16.6. The van der Waals surface area contributed by atoms with E-state index in [1.165, 1.54) is 0 Å². The van der Waals surface area contributed by atoms with Crippen LogP contribution < -0.4 is 14.2 Å². The van der Waals surface area contributed by atoms with Crippen molar-refractivity contribution in [3.05, 3.63) is 82.9 Å². The first-order valence-corrected chi connectivity index (χ1v) is 11.1. The summed E-state index contributed by atoms with van der Waals surface area (Å²) in [4.78, 5) is 13.0. The van der Waals surface area contributed by atoms with Crippen LogP contribution in [0.2, 0.25) is 0 Å². The van der Waals surface area contributed by atoms with Gasteiger partial charge in [0.1, 0.15) is 34.2 Å². The van der Waals surface area contributed by atoms with Gasteiger partial charge in [0.05, 0.1) is 5.56 Å². The van der Waals surface area contributed by atoms with Gasteiger partial charge >= 0.3 is 5.97 Å². The van der Waals surface area contributed by atoms with Crippen molar-refractivity contribution < 1.29 is 23.7 Å². The number of hydrogen-bond acceptors (Lipinski definition) is 5. The molecule has 0 aliphatic carbocycles. The molecule has 3 aromatic carbocycles. The number of carbonyl (C=O) groups excluding carboxylic acids is 1. The minimum absolute atomic E-state index is 0.352. The molecule has 5 rings (SSSR count). The Balaban J connectivity index is 1.73. The molecule has 0 fully saturated rings. The topological polar surface area (TPSA) is 54.0 Å². The first kappa shape index (κ1) is 21.4. The molecule has 0 saturated carbocycles. The van der Waals surface area contributed by atoms with Gasteiger partial charge in [0, 0.05) is 28.8 Å². The van der Waals surface area contributed by atoms with E-state index in [0.717, 1.165) is 16.7 Å². The van der Waals surface area contributed by atoms with Crippen LogP contribution in [0.15, 0.2) is 60.7 Å². The molecule has 0 aromatic heterocycles. The molecule has 0 radical (unpaired) electrons. The third-order valence-electron chi connectivity index (χ3n) is 5.50. The van der Waals surface area contributed by atoms with Crippen molar-refractivity contribution in [2.75, 3.05) is 0 Å². The van der Waals surface area contributed by atoms with Crippen LogP contribution in [-0.4, -0.2) is 17.2 Å². The van der Waals surface area contributed by atoms with Crippen LogP contribution in [0.5, 0.6) is 23.0 Å². The first-order valence-electron chi connectivity index (χ1n) is 11.1. The summed E-state index contributed by atoms with van der Waals surface area (Å²) in [6.45, 7) is 12.0. The maximum Gasteiger partial charge on any atom is 0.340 e. The molecular formula is C28H28O5. The quantitative estimate of drug-likeness (QED) is 0.416. The van der Waals surface area contributed by atoms with Crippen molar-refractivity contribution in [3.63, 3.8) is 0 Å². The summed E-state index contributed by atoms with van der Waals surface area (Å²) >= 11 is 0. The van der Waals surface area contributed by atoms with Crippen molar-refractivity contribution in [1.82, 2.24) is 0 Å². The number of esters is 1. The van der Waals surface area contributed by atoms with Gasteiger partial charge in [-0.2, -0.15) is 0 Å². The molecule has 5 heteroatoms. The summed E-state index contributed by atoms with van der Waals surface area (Å²) in [5, 5.41) is 0. The first-order chi connectivity index (χ1) is 15.5. The van der Waals surface area contributed by atoms with E-state index in [1.54, 1.807) is 6.07 Å². The minimum atomic E-state index is -1.10. The van der Waals surface area contributed by atoms with Gasteiger partial charge in [0.25, 0.3) is 0 Å². The molecule has 2 aliphatic heterocycles. The Kier molecular flexibility index (Phi) is 4.54. The van der Waals surface area contributed by atoms with Gasteiger partial charge in [-0.25, -0.2) is 4.79 Å². The third-order valence-corrected chi connectivity index (χ3v) is 5.50. The molecule has 0 bridgehead atoms. The van der Waals surface area contributed by atoms with Crippen LogP contribution in [0.3, 0.4) is 0 Å². The molecule has 170 valence electrons. The van der Waals surface area contributed by atoms with Gasteiger partial charge in [0.2, 0.25) is 0 Å². The zero-order valence-corrected chi connectivity index (χ0v) is 19.8. The number of rotatable bonds is 2. The smallest absolute Gasteiger partial charge is 0.340 e. The normalized spacial score (nSPS) is 15.8. The molecule has 0 amide bonds. The molecule has 33 heavy (non-hydrogen) atoms. The zero-order valence-electron chi connectivity index (χ0n) is 19.8. The lowest BCUT2D eigenvalue weighted by molar-refractivity contribution is 0.0223. The van der Waals surface area contributed by atoms with Crippen LogP contribution in [0, 0.1) is 0 Å². The van der Waals surface area contributed by atoms with Crippen LogP contribution in [-0.2, 0) is 10.3 Å². The standard InChI is InChI=1S/C28H28O5/c1-26(2,3)31-17-11-13-21-23(15-17)30-24-16-18(32-27(4,5)6)12-14-22(24)28(21)20-10-8-7-9-19(20)25(29)33-28/h7-16H,1-6H3. The van der Waals surface area contributed by atoms with Gasteiger partial charge in [-0.1, -0.05) is 18.2 Å². The number of benzene rings is 3. The van der Waals surface area contributed by atoms with Gasteiger partial charge in [-0.05, 0) is 71.9 Å². The fourth-order valence-electron chi connectivity index (χ4n) is 4.47. The van der Waals surface area contributed by atoms with E-state index in [9.17, 15) is 4.79 Å².